The van der Waals surface area contributed by atoms with Crippen molar-refractivity contribution in [1.82, 2.24) is 0 Å². The number of carboxylic acid groups (broad SMARTS) is 1. The summed E-state index contributed by atoms with van der Waals surface area (Å²) >= 11 is 0. The van der Waals surface area contributed by atoms with Gasteiger partial charge in [0.25, 0.3) is 5.91 Å². The van der Waals surface area contributed by atoms with Crippen LogP contribution in [-0.4, -0.2) is 28.8 Å². The number of carbonyl (C=O) groups is 4. The summed E-state index contributed by atoms with van der Waals surface area (Å²) < 4.78 is 0. The Kier molecular flexibility index (Phi) is 4.06. The first-order valence-corrected chi connectivity index (χ1v) is 9.75. The number of carbonyl (C=O) groups excluding carboxylic acids is 3. The van der Waals surface area contributed by atoms with Crippen molar-refractivity contribution < 1.29 is 24.3 Å². The van der Waals surface area contributed by atoms with Gasteiger partial charge in [0.05, 0.1) is 23.1 Å². The number of carboxylic acids is 1. The van der Waals surface area contributed by atoms with Gasteiger partial charge < -0.3 is 10.4 Å². The number of aromatic carboxylic acids is 1. The first-order chi connectivity index (χ1) is 14.4. The molecule has 3 amide bonds. The van der Waals surface area contributed by atoms with E-state index in [1.807, 2.05) is 12.2 Å². The largest absolute Gasteiger partial charge is 0.478 e. The Hall–Kier alpha value is -3.74. The van der Waals surface area contributed by atoms with E-state index in [1.165, 1.54) is 17.0 Å². The van der Waals surface area contributed by atoms with Crippen molar-refractivity contribution in [2.24, 2.45) is 23.7 Å². The molecule has 2 N–H and O–H groups in total. The van der Waals surface area contributed by atoms with Gasteiger partial charge in [0.1, 0.15) is 0 Å². The molecule has 1 heterocycles. The van der Waals surface area contributed by atoms with E-state index >= 15 is 0 Å². The Labute approximate surface area is 172 Å². The number of fused-ring (bicyclic) bond motifs is 5. The molecular weight excluding hydrogens is 384 g/mol. The number of nitrogens with zero attached hydrogens (tertiary/aromatic N) is 1. The smallest absolute Gasteiger partial charge is 0.335 e. The highest BCUT2D eigenvalue weighted by Crippen LogP contribution is 2.53. The summed E-state index contributed by atoms with van der Waals surface area (Å²) in [5.74, 6) is -2.06. The molecule has 4 atom stereocenters. The first kappa shape index (κ1) is 18.3. The Morgan fingerprint density at radius 2 is 1.53 bits per heavy atom. The van der Waals surface area contributed by atoms with Gasteiger partial charge in [-0.1, -0.05) is 18.2 Å². The second kappa shape index (κ2) is 6.66. The molecule has 0 unspecified atom stereocenters. The molecule has 2 aromatic carbocycles. The molecule has 3 aliphatic rings. The van der Waals surface area contributed by atoms with Crippen LogP contribution in [0.5, 0.6) is 0 Å². The van der Waals surface area contributed by atoms with E-state index in [2.05, 4.69) is 5.32 Å². The summed E-state index contributed by atoms with van der Waals surface area (Å²) in [5, 5.41) is 11.7. The van der Waals surface area contributed by atoms with Gasteiger partial charge in [-0.15, -0.1) is 0 Å². The van der Waals surface area contributed by atoms with Crippen LogP contribution in [-0.2, 0) is 9.59 Å². The zero-order valence-corrected chi connectivity index (χ0v) is 15.8. The van der Waals surface area contributed by atoms with Crippen molar-refractivity contribution in [3.8, 4) is 0 Å². The molecule has 0 radical (unpaired) electrons. The minimum atomic E-state index is -1.08. The van der Waals surface area contributed by atoms with Crippen LogP contribution >= 0.6 is 0 Å². The number of rotatable bonds is 4. The second-order valence-corrected chi connectivity index (χ2v) is 7.90. The summed E-state index contributed by atoms with van der Waals surface area (Å²) in [7, 11) is 0. The molecule has 0 spiro atoms. The third-order valence-corrected chi connectivity index (χ3v) is 6.23. The summed E-state index contributed by atoms with van der Waals surface area (Å²) in [6.45, 7) is 0. The Bertz CT molecular complexity index is 1090. The summed E-state index contributed by atoms with van der Waals surface area (Å²) in [6, 6.07) is 12.2. The fraction of sp³-hybridized carbons (Fsp3) is 0.217. The number of benzene rings is 2. The first-order valence-electron chi connectivity index (χ1n) is 9.75. The Balaban J connectivity index is 1.33. The number of amides is 3. The molecule has 2 aromatic rings. The normalized spacial score (nSPS) is 26.2. The summed E-state index contributed by atoms with van der Waals surface area (Å²) in [5.41, 5.74) is 1.23. The SMILES string of the molecule is O=C(O)c1cccc(NC(=O)c2ccc(N3C(=O)[C@@H]4[C@@H](C3=O)[C@H]3C=C[C@H]4C3)cc2)c1. The van der Waals surface area contributed by atoms with Crippen LogP contribution in [0.4, 0.5) is 11.4 Å². The molecule has 1 saturated carbocycles. The van der Waals surface area contributed by atoms with Gasteiger partial charge in [-0.3, -0.25) is 19.3 Å². The van der Waals surface area contributed by atoms with Crippen molar-refractivity contribution in [2.45, 2.75) is 6.42 Å². The second-order valence-electron chi connectivity index (χ2n) is 7.90. The van der Waals surface area contributed by atoms with Gasteiger partial charge in [-0.25, -0.2) is 4.79 Å². The average Bonchev–Trinajstić information content (AvgIpc) is 3.42. The van der Waals surface area contributed by atoms with E-state index in [9.17, 15) is 19.2 Å². The molecule has 5 rings (SSSR count). The lowest BCUT2D eigenvalue weighted by Gasteiger charge is -2.17. The third-order valence-electron chi connectivity index (χ3n) is 6.23. The van der Waals surface area contributed by atoms with Crippen LogP contribution in [0.1, 0.15) is 27.1 Å². The summed E-state index contributed by atoms with van der Waals surface area (Å²) in [6.07, 6.45) is 4.98. The van der Waals surface area contributed by atoms with Crippen LogP contribution in [0.2, 0.25) is 0 Å². The van der Waals surface area contributed by atoms with Crippen LogP contribution in [0.15, 0.2) is 60.7 Å². The molecule has 0 aromatic heterocycles. The standard InChI is InChI=1S/C23H18N2O5/c26-20(24-16-3-1-2-15(11-16)23(29)30)12-6-8-17(9-7-12)25-21(27)18-13-4-5-14(10-13)19(18)22(25)28/h1-9,11,13-14,18-19H,10H2,(H,24,26)(H,29,30)/t13-,14-,18-,19-/m0/s1. The van der Waals surface area contributed by atoms with E-state index in [0.29, 0.717) is 16.9 Å². The number of allylic oxidation sites excluding steroid dienone is 2. The fourth-order valence-electron chi connectivity index (χ4n) is 4.85. The molecule has 1 saturated heterocycles. The highest BCUT2D eigenvalue weighted by molar-refractivity contribution is 6.23. The summed E-state index contributed by atoms with van der Waals surface area (Å²) in [4.78, 5) is 50.6. The highest BCUT2D eigenvalue weighted by atomic mass is 16.4. The molecule has 2 aliphatic carbocycles. The maximum Gasteiger partial charge on any atom is 0.335 e. The zero-order valence-electron chi connectivity index (χ0n) is 15.8. The Morgan fingerprint density at radius 3 is 2.13 bits per heavy atom. The van der Waals surface area contributed by atoms with Crippen LogP contribution < -0.4 is 10.2 Å². The van der Waals surface area contributed by atoms with E-state index in [-0.39, 0.29) is 41.0 Å². The number of hydrogen-bond donors (Lipinski definition) is 2. The molecule has 2 fully saturated rings. The highest BCUT2D eigenvalue weighted by Gasteiger charge is 2.59. The lowest BCUT2D eigenvalue weighted by atomic mass is 9.85. The van der Waals surface area contributed by atoms with E-state index < -0.39 is 11.9 Å². The van der Waals surface area contributed by atoms with E-state index in [4.69, 9.17) is 5.11 Å². The molecule has 150 valence electrons. The van der Waals surface area contributed by atoms with Gasteiger partial charge in [0, 0.05) is 11.3 Å². The van der Waals surface area contributed by atoms with Gasteiger partial charge in [0.2, 0.25) is 11.8 Å². The molecule has 2 bridgehead atoms. The van der Waals surface area contributed by atoms with Crippen LogP contribution in [0.25, 0.3) is 0 Å². The topological polar surface area (TPSA) is 104 Å². The van der Waals surface area contributed by atoms with E-state index in [0.717, 1.165) is 6.42 Å². The van der Waals surface area contributed by atoms with Crippen molar-refractivity contribution >= 4 is 35.1 Å². The average molecular weight is 402 g/mol. The monoisotopic (exact) mass is 402 g/mol. The number of nitrogens with one attached hydrogen (secondary N) is 1. The van der Waals surface area contributed by atoms with Gasteiger partial charge in [0.15, 0.2) is 0 Å². The lowest BCUT2D eigenvalue weighted by Crippen LogP contribution is -2.32. The van der Waals surface area contributed by atoms with Crippen molar-refractivity contribution in [3.63, 3.8) is 0 Å². The minimum absolute atomic E-state index is 0.0724. The van der Waals surface area contributed by atoms with Crippen molar-refractivity contribution in [2.75, 3.05) is 10.2 Å². The number of hydrogen-bond acceptors (Lipinski definition) is 4. The lowest BCUT2D eigenvalue weighted by molar-refractivity contribution is -0.123. The minimum Gasteiger partial charge on any atom is -0.478 e. The van der Waals surface area contributed by atoms with Crippen molar-refractivity contribution in [3.05, 3.63) is 71.8 Å². The fourth-order valence-corrected chi connectivity index (χ4v) is 4.85. The number of anilines is 2. The zero-order chi connectivity index (χ0) is 21.0. The molecular formula is C23H18N2O5. The predicted octanol–water partition coefficient (Wildman–Crippen LogP) is 2.95. The van der Waals surface area contributed by atoms with E-state index in [1.54, 1.807) is 36.4 Å². The Morgan fingerprint density at radius 1 is 0.900 bits per heavy atom. The van der Waals surface area contributed by atoms with Crippen molar-refractivity contribution in [1.29, 1.82) is 0 Å². The predicted molar refractivity (Wildman–Crippen MR) is 108 cm³/mol. The van der Waals surface area contributed by atoms with Gasteiger partial charge in [-0.2, -0.15) is 0 Å². The van der Waals surface area contributed by atoms with Gasteiger partial charge in [-0.05, 0) is 60.7 Å². The maximum absolute atomic E-state index is 12.9. The molecule has 7 nitrogen and oxygen atoms in total. The van der Waals surface area contributed by atoms with Crippen LogP contribution in [0, 0.1) is 23.7 Å². The number of imide groups is 1. The molecule has 7 heteroatoms. The third kappa shape index (κ3) is 2.74. The quantitative estimate of drug-likeness (QED) is 0.605. The molecule has 30 heavy (non-hydrogen) atoms. The maximum atomic E-state index is 12.9. The molecule has 1 aliphatic heterocycles. The van der Waals surface area contributed by atoms with Crippen LogP contribution in [0.3, 0.4) is 0 Å². The van der Waals surface area contributed by atoms with Gasteiger partial charge >= 0.3 is 5.97 Å².